The highest BCUT2D eigenvalue weighted by atomic mass is 16.6. The van der Waals surface area contributed by atoms with Crippen LogP contribution in [0.15, 0.2) is 0 Å². The van der Waals surface area contributed by atoms with Gasteiger partial charge < -0.3 is 9.64 Å². The largest absolute Gasteiger partial charge is 0.444 e. The zero-order valence-corrected chi connectivity index (χ0v) is 9.25. The van der Waals surface area contributed by atoms with Gasteiger partial charge in [0.25, 0.3) is 0 Å². The average Bonchev–Trinajstić information content (AvgIpc) is 2.01. The molecule has 0 aromatic rings. The molecule has 3 aliphatic rings. The number of piperidine rings is 1. The van der Waals surface area contributed by atoms with Gasteiger partial charge in [0, 0.05) is 12.1 Å². The molecule has 0 aromatic carbocycles. The van der Waals surface area contributed by atoms with Crippen LogP contribution in [0.4, 0.5) is 4.79 Å². The number of fused-ring (bicyclic) bond motifs is 2. The molecule has 0 radical (unpaired) electrons. The Morgan fingerprint density at radius 2 is 1.86 bits per heavy atom. The lowest BCUT2D eigenvalue weighted by Gasteiger charge is -2.52. The molecule has 2 atom stereocenters. The third kappa shape index (κ3) is 1.72. The van der Waals surface area contributed by atoms with Crippen LogP contribution in [0.2, 0.25) is 0 Å². The monoisotopic (exact) mass is 197 g/mol. The molecular formula is C11H19NO2. The van der Waals surface area contributed by atoms with Crippen molar-refractivity contribution in [3.63, 3.8) is 0 Å². The summed E-state index contributed by atoms with van der Waals surface area (Å²) >= 11 is 0. The predicted molar refractivity (Wildman–Crippen MR) is 54.1 cm³/mol. The van der Waals surface area contributed by atoms with E-state index in [0.29, 0.717) is 12.1 Å². The van der Waals surface area contributed by atoms with E-state index in [-0.39, 0.29) is 11.7 Å². The fourth-order valence-electron chi connectivity index (χ4n) is 2.42. The first kappa shape index (κ1) is 9.81. The van der Waals surface area contributed by atoms with Gasteiger partial charge in [-0.15, -0.1) is 0 Å². The Labute approximate surface area is 85.4 Å². The minimum Gasteiger partial charge on any atom is -0.444 e. The van der Waals surface area contributed by atoms with Crippen LogP contribution in [0.1, 0.15) is 46.5 Å². The van der Waals surface area contributed by atoms with Gasteiger partial charge in [-0.3, -0.25) is 0 Å². The maximum atomic E-state index is 11.8. The van der Waals surface area contributed by atoms with Crippen LogP contribution >= 0.6 is 0 Å². The molecule has 2 bridgehead atoms. The molecule has 2 aliphatic heterocycles. The van der Waals surface area contributed by atoms with Gasteiger partial charge in [-0.2, -0.15) is 0 Å². The van der Waals surface area contributed by atoms with Crippen molar-refractivity contribution < 1.29 is 9.53 Å². The van der Waals surface area contributed by atoms with Crippen LogP contribution in [0.5, 0.6) is 0 Å². The van der Waals surface area contributed by atoms with E-state index in [2.05, 4.69) is 0 Å². The van der Waals surface area contributed by atoms with Gasteiger partial charge in [0.15, 0.2) is 0 Å². The van der Waals surface area contributed by atoms with Crippen LogP contribution in [-0.2, 0) is 4.74 Å². The molecule has 3 nitrogen and oxygen atoms in total. The van der Waals surface area contributed by atoms with E-state index in [0.717, 1.165) is 12.8 Å². The lowest BCUT2D eigenvalue weighted by Crippen LogP contribution is -2.61. The van der Waals surface area contributed by atoms with Gasteiger partial charge in [0.2, 0.25) is 0 Å². The molecule has 2 heterocycles. The van der Waals surface area contributed by atoms with E-state index >= 15 is 0 Å². The molecule has 0 spiro atoms. The lowest BCUT2D eigenvalue weighted by atomic mass is 9.80. The number of carbonyl (C=O) groups excluding carboxylic acids is 1. The van der Waals surface area contributed by atoms with Crippen molar-refractivity contribution in [2.24, 2.45) is 0 Å². The second-order valence-electron chi connectivity index (χ2n) is 5.36. The molecule has 3 rings (SSSR count). The highest BCUT2D eigenvalue weighted by molar-refractivity contribution is 5.70. The van der Waals surface area contributed by atoms with Gasteiger partial charge in [-0.1, -0.05) is 0 Å². The number of ether oxygens (including phenoxy) is 1. The van der Waals surface area contributed by atoms with Crippen molar-refractivity contribution in [3.8, 4) is 0 Å². The molecule has 0 aromatic heterocycles. The summed E-state index contributed by atoms with van der Waals surface area (Å²) in [5.41, 5.74) is -0.360. The highest BCUT2D eigenvalue weighted by Crippen LogP contribution is 2.38. The molecule has 1 aliphatic carbocycles. The van der Waals surface area contributed by atoms with Crippen LogP contribution in [0.25, 0.3) is 0 Å². The summed E-state index contributed by atoms with van der Waals surface area (Å²) in [5.74, 6) is 0. The van der Waals surface area contributed by atoms with E-state index in [1.807, 2.05) is 25.7 Å². The van der Waals surface area contributed by atoms with Crippen LogP contribution in [0, 0.1) is 0 Å². The van der Waals surface area contributed by atoms with E-state index in [9.17, 15) is 4.79 Å². The number of nitrogens with zero attached hydrogens (tertiary/aromatic N) is 1. The maximum absolute atomic E-state index is 11.8. The summed E-state index contributed by atoms with van der Waals surface area (Å²) in [6.45, 7) is 5.75. The van der Waals surface area contributed by atoms with Crippen molar-refractivity contribution in [1.29, 1.82) is 0 Å². The lowest BCUT2D eigenvalue weighted by molar-refractivity contribution is -0.0512. The second-order valence-corrected chi connectivity index (χ2v) is 5.36. The van der Waals surface area contributed by atoms with E-state index in [4.69, 9.17) is 4.74 Å². The Bertz CT molecular complexity index is 230. The van der Waals surface area contributed by atoms with Crippen molar-refractivity contribution >= 4 is 6.09 Å². The molecule has 2 unspecified atom stereocenters. The molecule has 1 saturated carbocycles. The summed E-state index contributed by atoms with van der Waals surface area (Å²) in [6, 6.07) is 0.951. The fourth-order valence-corrected chi connectivity index (χ4v) is 2.42. The zero-order valence-electron chi connectivity index (χ0n) is 9.25. The summed E-state index contributed by atoms with van der Waals surface area (Å²) in [5, 5.41) is 0. The quantitative estimate of drug-likeness (QED) is 0.597. The third-order valence-electron chi connectivity index (χ3n) is 3.01. The summed E-state index contributed by atoms with van der Waals surface area (Å²) in [4.78, 5) is 13.7. The smallest absolute Gasteiger partial charge is 0.410 e. The molecule has 1 amide bonds. The zero-order chi connectivity index (χ0) is 10.3. The first-order valence-electron chi connectivity index (χ1n) is 5.49. The third-order valence-corrected chi connectivity index (χ3v) is 3.01. The van der Waals surface area contributed by atoms with Gasteiger partial charge in [0.05, 0.1) is 0 Å². The molecule has 0 N–H and O–H groups in total. The number of rotatable bonds is 0. The molecular weight excluding hydrogens is 178 g/mol. The minimum atomic E-state index is -0.360. The maximum Gasteiger partial charge on any atom is 0.410 e. The van der Waals surface area contributed by atoms with E-state index < -0.39 is 0 Å². The number of hydrogen-bond donors (Lipinski definition) is 0. The number of carbonyl (C=O) groups is 1. The standard InChI is InChI=1S/C11H19NO2/c1-11(2,3)14-10(13)12-8-5-4-6-9(12)7-8/h8-9H,4-7H2,1-3H3. The normalized spacial score (nSPS) is 30.9. The topological polar surface area (TPSA) is 29.5 Å². The first-order chi connectivity index (χ1) is 6.47. The van der Waals surface area contributed by atoms with Crippen LogP contribution in [0.3, 0.4) is 0 Å². The average molecular weight is 197 g/mol. The number of hydrogen-bond acceptors (Lipinski definition) is 2. The fraction of sp³-hybridized carbons (Fsp3) is 0.909. The van der Waals surface area contributed by atoms with Crippen LogP contribution in [-0.4, -0.2) is 28.7 Å². The Balaban J connectivity index is 1.93. The Kier molecular flexibility index (Phi) is 2.20. The predicted octanol–water partition coefficient (Wildman–Crippen LogP) is 2.55. The molecule has 3 heteroatoms. The van der Waals surface area contributed by atoms with Gasteiger partial charge in [-0.25, -0.2) is 4.79 Å². The Hall–Kier alpha value is -0.730. The summed E-state index contributed by atoms with van der Waals surface area (Å²) < 4.78 is 5.36. The van der Waals surface area contributed by atoms with Crippen LogP contribution < -0.4 is 0 Å². The Morgan fingerprint density at radius 3 is 2.29 bits per heavy atom. The first-order valence-corrected chi connectivity index (χ1v) is 5.49. The second kappa shape index (κ2) is 3.14. The summed E-state index contributed by atoms with van der Waals surface area (Å²) in [6.07, 6.45) is 4.68. The summed E-state index contributed by atoms with van der Waals surface area (Å²) in [7, 11) is 0. The number of amides is 1. The molecule has 2 saturated heterocycles. The van der Waals surface area contributed by atoms with Crippen molar-refractivity contribution in [1.82, 2.24) is 4.90 Å². The van der Waals surface area contributed by atoms with Gasteiger partial charge in [0.1, 0.15) is 5.60 Å². The SMILES string of the molecule is CC(C)(C)OC(=O)N1C2CCCC1C2. The van der Waals surface area contributed by atoms with Crippen molar-refractivity contribution in [2.45, 2.75) is 64.1 Å². The van der Waals surface area contributed by atoms with E-state index in [1.54, 1.807) is 0 Å². The molecule has 3 fully saturated rings. The molecule has 14 heavy (non-hydrogen) atoms. The highest BCUT2D eigenvalue weighted by Gasteiger charge is 2.45. The molecule has 80 valence electrons. The van der Waals surface area contributed by atoms with E-state index in [1.165, 1.54) is 12.8 Å². The van der Waals surface area contributed by atoms with Gasteiger partial charge in [-0.05, 0) is 46.5 Å². The van der Waals surface area contributed by atoms with Crippen molar-refractivity contribution in [2.75, 3.05) is 0 Å². The van der Waals surface area contributed by atoms with Gasteiger partial charge >= 0.3 is 6.09 Å². The Morgan fingerprint density at radius 1 is 1.29 bits per heavy atom. The minimum absolute atomic E-state index is 0.113. The van der Waals surface area contributed by atoms with Crippen molar-refractivity contribution in [3.05, 3.63) is 0 Å².